The summed E-state index contributed by atoms with van der Waals surface area (Å²) in [5.74, 6) is 6.48. The van der Waals surface area contributed by atoms with Crippen molar-refractivity contribution >= 4 is 17.2 Å². The summed E-state index contributed by atoms with van der Waals surface area (Å²) in [6, 6.07) is 1.89. The van der Waals surface area contributed by atoms with Gasteiger partial charge in [-0.2, -0.15) is 0 Å². The Labute approximate surface area is 106 Å². The average Bonchev–Trinajstić information content (AvgIpc) is 2.94. The minimum Gasteiger partial charge on any atom is -0.338 e. The van der Waals surface area contributed by atoms with Gasteiger partial charge in [-0.05, 0) is 23.8 Å². The summed E-state index contributed by atoms with van der Waals surface area (Å²) in [5.41, 5.74) is 6.16. The van der Waals surface area contributed by atoms with Crippen LogP contribution >= 0.6 is 11.3 Å². The highest BCUT2D eigenvalue weighted by molar-refractivity contribution is 7.12. The molecule has 1 fully saturated rings. The van der Waals surface area contributed by atoms with E-state index in [1.54, 1.807) is 0 Å². The molecule has 3 nitrogen and oxygen atoms in total. The molecule has 0 aliphatic carbocycles. The number of carbonyl (C=O) groups is 1. The Hall–Kier alpha value is -1.31. The van der Waals surface area contributed by atoms with Crippen LogP contribution in [0, 0.1) is 17.8 Å². The van der Waals surface area contributed by atoms with E-state index in [0.717, 1.165) is 30.0 Å². The molecule has 0 aromatic carbocycles. The second kappa shape index (κ2) is 5.35. The summed E-state index contributed by atoms with van der Waals surface area (Å²) in [7, 11) is 0. The number of amides is 1. The zero-order chi connectivity index (χ0) is 12.3. The zero-order valence-corrected chi connectivity index (χ0v) is 10.7. The molecular formula is C13H16N2OS. The highest BCUT2D eigenvalue weighted by Gasteiger charge is 2.26. The van der Waals surface area contributed by atoms with Crippen LogP contribution in [0.4, 0.5) is 0 Å². The van der Waals surface area contributed by atoms with Gasteiger partial charge in [-0.3, -0.25) is 4.79 Å². The Bertz CT molecular complexity index is 469. The topological polar surface area (TPSA) is 46.3 Å². The van der Waals surface area contributed by atoms with Gasteiger partial charge in [-0.1, -0.05) is 18.8 Å². The van der Waals surface area contributed by atoms with E-state index in [4.69, 9.17) is 5.73 Å². The van der Waals surface area contributed by atoms with Gasteiger partial charge in [0.1, 0.15) is 4.88 Å². The number of likely N-dealkylation sites (tertiary alicyclic amines) is 1. The van der Waals surface area contributed by atoms with E-state index in [-0.39, 0.29) is 5.91 Å². The summed E-state index contributed by atoms with van der Waals surface area (Å²) in [4.78, 5) is 14.9. The third kappa shape index (κ3) is 2.68. The number of nitrogens with two attached hydrogens (primary N) is 1. The maximum absolute atomic E-state index is 12.3. The molecule has 1 amide bonds. The molecule has 1 saturated heterocycles. The third-order valence-electron chi connectivity index (χ3n) is 2.90. The quantitative estimate of drug-likeness (QED) is 0.766. The first-order valence-corrected chi connectivity index (χ1v) is 6.66. The highest BCUT2D eigenvalue weighted by Crippen LogP contribution is 2.22. The van der Waals surface area contributed by atoms with Crippen LogP contribution in [-0.4, -0.2) is 30.4 Å². The first-order chi connectivity index (χ1) is 8.22. The summed E-state index contributed by atoms with van der Waals surface area (Å²) in [6.45, 7) is 4.23. The van der Waals surface area contributed by atoms with E-state index in [2.05, 4.69) is 18.8 Å². The smallest absolute Gasteiger partial charge is 0.265 e. The van der Waals surface area contributed by atoms with Gasteiger partial charge in [0, 0.05) is 18.7 Å². The van der Waals surface area contributed by atoms with E-state index in [9.17, 15) is 4.79 Å². The van der Waals surface area contributed by atoms with Crippen LogP contribution in [0.5, 0.6) is 0 Å². The van der Waals surface area contributed by atoms with Gasteiger partial charge in [0.15, 0.2) is 0 Å². The van der Waals surface area contributed by atoms with E-state index >= 15 is 0 Å². The molecule has 1 atom stereocenters. The fraction of sp³-hybridized carbons (Fsp3) is 0.462. The van der Waals surface area contributed by atoms with Crippen LogP contribution in [0.1, 0.15) is 28.6 Å². The van der Waals surface area contributed by atoms with Crippen molar-refractivity contribution in [3.05, 3.63) is 21.9 Å². The Morgan fingerprint density at radius 1 is 1.71 bits per heavy atom. The van der Waals surface area contributed by atoms with Crippen molar-refractivity contribution in [1.82, 2.24) is 4.90 Å². The lowest BCUT2D eigenvalue weighted by Crippen LogP contribution is -2.28. The lowest BCUT2D eigenvalue weighted by atomic mass is 10.2. The van der Waals surface area contributed by atoms with Crippen molar-refractivity contribution in [3.63, 3.8) is 0 Å². The number of rotatable bonds is 1. The predicted molar refractivity (Wildman–Crippen MR) is 69.9 cm³/mol. The largest absolute Gasteiger partial charge is 0.338 e. The lowest BCUT2D eigenvalue weighted by Gasteiger charge is -2.14. The van der Waals surface area contributed by atoms with Gasteiger partial charge in [-0.15, -0.1) is 11.3 Å². The number of thiophene rings is 1. The normalized spacial score (nSPS) is 18.9. The van der Waals surface area contributed by atoms with Crippen LogP contribution in [-0.2, 0) is 0 Å². The molecule has 1 aliphatic heterocycles. The predicted octanol–water partition coefficient (Wildman–Crippen LogP) is 1.54. The second-order valence-corrected chi connectivity index (χ2v) is 5.23. The number of nitrogens with zero attached hydrogens (tertiary/aromatic N) is 1. The van der Waals surface area contributed by atoms with Gasteiger partial charge in [0.2, 0.25) is 0 Å². The lowest BCUT2D eigenvalue weighted by molar-refractivity contribution is 0.0792. The second-order valence-electron chi connectivity index (χ2n) is 4.31. The SMILES string of the molecule is CC1CCN(C(=O)c2sccc2C#CCN)C1. The van der Waals surface area contributed by atoms with Crippen molar-refractivity contribution < 1.29 is 4.79 Å². The summed E-state index contributed by atoms with van der Waals surface area (Å²) in [6.07, 6.45) is 1.10. The van der Waals surface area contributed by atoms with Crippen LogP contribution in [0.25, 0.3) is 0 Å². The molecular weight excluding hydrogens is 232 g/mol. The van der Waals surface area contributed by atoms with E-state index < -0.39 is 0 Å². The average molecular weight is 248 g/mol. The molecule has 0 saturated carbocycles. The molecule has 0 radical (unpaired) electrons. The zero-order valence-electron chi connectivity index (χ0n) is 9.90. The molecule has 2 heterocycles. The molecule has 4 heteroatoms. The minimum absolute atomic E-state index is 0.116. The van der Waals surface area contributed by atoms with Crippen molar-refractivity contribution in [2.24, 2.45) is 11.7 Å². The molecule has 2 N–H and O–H groups in total. The Morgan fingerprint density at radius 3 is 3.18 bits per heavy atom. The number of hydrogen-bond acceptors (Lipinski definition) is 3. The molecule has 1 aliphatic rings. The molecule has 0 bridgehead atoms. The van der Waals surface area contributed by atoms with Crippen molar-refractivity contribution in [2.75, 3.05) is 19.6 Å². The van der Waals surface area contributed by atoms with Crippen LogP contribution in [0.3, 0.4) is 0 Å². The van der Waals surface area contributed by atoms with Crippen molar-refractivity contribution in [3.8, 4) is 11.8 Å². The molecule has 1 aromatic rings. The number of hydrogen-bond donors (Lipinski definition) is 1. The van der Waals surface area contributed by atoms with Crippen LogP contribution in [0.15, 0.2) is 11.4 Å². The fourth-order valence-electron chi connectivity index (χ4n) is 1.98. The van der Waals surface area contributed by atoms with E-state index in [1.165, 1.54) is 11.3 Å². The first-order valence-electron chi connectivity index (χ1n) is 5.78. The molecule has 1 aromatic heterocycles. The Kier molecular flexibility index (Phi) is 3.82. The molecule has 90 valence electrons. The molecule has 0 spiro atoms. The third-order valence-corrected chi connectivity index (χ3v) is 3.80. The molecule has 17 heavy (non-hydrogen) atoms. The summed E-state index contributed by atoms with van der Waals surface area (Å²) >= 11 is 1.46. The molecule has 1 unspecified atom stereocenters. The van der Waals surface area contributed by atoms with E-state index in [1.807, 2.05) is 16.3 Å². The monoisotopic (exact) mass is 248 g/mol. The maximum atomic E-state index is 12.3. The number of carbonyl (C=O) groups excluding carboxylic acids is 1. The van der Waals surface area contributed by atoms with E-state index in [0.29, 0.717) is 12.5 Å². The van der Waals surface area contributed by atoms with Gasteiger partial charge in [0.05, 0.1) is 6.54 Å². The van der Waals surface area contributed by atoms with Crippen molar-refractivity contribution in [1.29, 1.82) is 0 Å². The highest BCUT2D eigenvalue weighted by atomic mass is 32.1. The Morgan fingerprint density at radius 2 is 2.53 bits per heavy atom. The maximum Gasteiger partial charge on any atom is 0.265 e. The fourth-order valence-corrected chi connectivity index (χ4v) is 2.80. The standard InChI is InChI=1S/C13H16N2OS/c1-10-4-7-15(9-10)13(16)12-11(3-2-6-14)5-8-17-12/h5,8,10H,4,6-7,9,14H2,1H3. The summed E-state index contributed by atoms with van der Waals surface area (Å²) < 4.78 is 0. The first kappa shape index (κ1) is 12.2. The Balaban J connectivity index is 2.17. The van der Waals surface area contributed by atoms with Gasteiger partial charge in [0.25, 0.3) is 5.91 Å². The van der Waals surface area contributed by atoms with Crippen LogP contribution < -0.4 is 5.73 Å². The van der Waals surface area contributed by atoms with Gasteiger partial charge in [-0.25, -0.2) is 0 Å². The minimum atomic E-state index is 0.116. The van der Waals surface area contributed by atoms with Gasteiger partial charge >= 0.3 is 0 Å². The van der Waals surface area contributed by atoms with Crippen molar-refractivity contribution in [2.45, 2.75) is 13.3 Å². The van der Waals surface area contributed by atoms with Crippen LogP contribution in [0.2, 0.25) is 0 Å². The summed E-state index contributed by atoms with van der Waals surface area (Å²) in [5, 5.41) is 1.91. The molecule has 2 rings (SSSR count). The van der Waals surface area contributed by atoms with Gasteiger partial charge < -0.3 is 10.6 Å².